The zero-order chi connectivity index (χ0) is 13.2. The van der Waals surface area contributed by atoms with E-state index in [4.69, 9.17) is 0 Å². The minimum atomic E-state index is -5.07. The van der Waals surface area contributed by atoms with Gasteiger partial charge in [-0.25, -0.2) is 0 Å². The molecule has 1 heterocycles. The molecule has 0 amide bonds. The van der Waals surface area contributed by atoms with Crippen LogP contribution >= 0.6 is 0 Å². The van der Waals surface area contributed by atoms with E-state index < -0.39 is 19.0 Å². The number of halogens is 3. The van der Waals surface area contributed by atoms with Crippen LogP contribution in [0.4, 0.5) is 12.9 Å². The Bertz CT molecular complexity index is 555. The molecule has 0 saturated heterocycles. The van der Waals surface area contributed by atoms with Crippen molar-refractivity contribution in [3.8, 4) is 11.4 Å². The van der Waals surface area contributed by atoms with Crippen molar-refractivity contribution in [1.29, 1.82) is 0 Å². The number of nitrogens with zero attached hydrogens (tertiary/aromatic N) is 4. The van der Waals surface area contributed by atoms with Gasteiger partial charge in [0.25, 0.3) is 0 Å². The molecular weight excluding hydrogens is 283 g/mol. The molecule has 1 aromatic carbocycles. The Balaban J connectivity index is 0.00000180. The first-order valence-electron chi connectivity index (χ1n) is 5.17. The standard InChI is InChI=1S/C10H9BF3N4.K/c1-8(11(12,13)14)7-18-16-10(15-17-18)9-5-3-2-4-6-9;/h2-6H,1,7H2;/q-1;+1. The van der Waals surface area contributed by atoms with Crippen LogP contribution in [0.25, 0.3) is 11.4 Å². The first-order valence-corrected chi connectivity index (χ1v) is 5.17. The van der Waals surface area contributed by atoms with E-state index in [1.807, 2.05) is 6.07 Å². The molecule has 19 heavy (non-hydrogen) atoms. The molecule has 0 atom stereocenters. The van der Waals surface area contributed by atoms with Gasteiger partial charge in [-0.15, -0.1) is 22.2 Å². The van der Waals surface area contributed by atoms with Crippen molar-refractivity contribution in [3.63, 3.8) is 0 Å². The van der Waals surface area contributed by atoms with E-state index in [2.05, 4.69) is 22.0 Å². The zero-order valence-corrected chi connectivity index (χ0v) is 13.4. The van der Waals surface area contributed by atoms with Gasteiger partial charge in [-0.05, 0) is 5.21 Å². The van der Waals surface area contributed by atoms with Crippen LogP contribution in [-0.4, -0.2) is 27.2 Å². The van der Waals surface area contributed by atoms with E-state index in [0.29, 0.717) is 5.56 Å². The number of rotatable bonds is 4. The molecule has 0 radical (unpaired) electrons. The van der Waals surface area contributed by atoms with Crippen LogP contribution in [-0.2, 0) is 6.54 Å². The average Bonchev–Trinajstić information content (AvgIpc) is 2.77. The van der Waals surface area contributed by atoms with Gasteiger partial charge in [-0.3, -0.25) is 0 Å². The molecule has 2 rings (SSSR count). The van der Waals surface area contributed by atoms with E-state index in [-0.39, 0.29) is 57.2 Å². The van der Waals surface area contributed by atoms with Gasteiger partial charge in [-0.1, -0.05) is 30.3 Å². The summed E-state index contributed by atoms with van der Waals surface area (Å²) < 4.78 is 37.0. The maximum Gasteiger partial charge on any atom is 1.00 e. The summed E-state index contributed by atoms with van der Waals surface area (Å²) in [5.74, 6) is 0.290. The zero-order valence-electron chi connectivity index (χ0n) is 10.3. The molecule has 0 aliphatic rings. The summed E-state index contributed by atoms with van der Waals surface area (Å²) in [7, 11) is 0. The molecule has 0 aliphatic carbocycles. The fourth-order valence-electron chi connectivity index (χ4n) is 1.30. The van der Waals surface area contributed by atoms with Crippen LogP contribution in [0.3, 0.4) is 0 Å². The third kappa shape index (κ3) is 4.53. The van der Waals surface area contributed by atoms with Gasteiger partial charge in [0.2, 0.25) is 5.82 Å². The van der Waals surface area contributed by atoms with E-state index in [9.17, 15) is 12.9 Å². The largest absolute Gasteiger partial charge is 1.00 e. The Hall–Kier alpha value is -0.479. The van der Waals surface area contributed by atoms with Crippen LogP contribution in [0.1, 0.15) is 0 Å². The van der Waals surface area contributed by atoms with Crippen molar-refractivity contribution in [2.24, 2.45) is 0 Å². The quantitative estimate of drug-likeness (QED) is 0.699. The molecule has 0 saturated carbocycles. The second kappa shape index (κ2) is 6.80. The summed E-state index contributed by atoms with van der Waals surface area (Å²) in [6.45, 7) is -2.59. The van der Waals surface area contributed by atoms with Gasteiger partial charge in [0.05, 0.1) is 6.54 Å². The van der Waals surface area contributed by atoms with Gasteiger partial charge in [-0.2, -0.15) is 4.80 Å². The van der Waals surface area contributed by atoms with E-state index >= 15 is 0 Å². The number of hydrogen-bond acceptors (Lipinski definition) is 3. The van der Waals surface area contributed by atoms with E-state index in [0.717, 1.165) is 4.80 Å². The average molecular weight is 292 g/mol. The summed E-state index contributed by atoms with van der Waals surface area (Å²) in [5, 5.41) is 11.2. The van der Waals surface area contributed by atoms with Crippen LogP contribution in [0.5, 0.6) is 0 Å². The fourth-order valence-corrected chi connectivity index (χ4v) is 1.30. The van der Waals surface area contributed by atoms with Gasteiger partial charge in [0, 0.05) is 5.56 Å². The number of tetrazole rings is 1. The van der Waals surface area contributed by atoms with Gasteiger partial charge in [0.1, 0.15) is 0 Å². The maximum absolute atomic E-state index is 12.3. The third-order valence-electron chi connectivity index (χ3n) is 2.29. The summed E-state index contributed by atoms with van der Waals surface area (Å²) in [6, 6.07) is 8.90. The molecular formula is C10H9BF3KN4. The Labute approximate surface area is 150 Å². The van der Waals surface area contributed by atoms with Crippen molar-refractivity contribution in [2.45, 2.75) is 6.54 Å². The summed E-state index contributed by atoms with van der Waals surface area (Å²) in [6.07, 6.45) is 0. The molecule has 0 spiro atoms. The minimum Gasteiger partial charge on any atom is -0.445 e. The molecule has 0 fully saturated rings. The van der Waals surface area contributed by atoms with Crippen LogP contribution in [0.2, 0.25) is 0 Å². The van der Waals surface area contributed by atoms with E-state index in [1.54, 1.807) is 24.3 Å². The number of aromatic nitrogens is 4. The topological polar surface area (TPSA) is 43.6 Å². The Morgan fingerprint density at radius 2 is 1.84 bits per heavy atom. The van der Waals surface area contributed by atoms with Gasteiger partial charge in [0.15, 0.2) is 0 Å². The fraction of sp³-hybridized carbons (Fsp3) is 0.100. The van der Waals surface area contributed by atoms with Crippen molar-refractivity contribution >= 4 is 6.98 Å². The Kier molecular flexibility index (Phi) is 5.93. The smallest absolute Gasteiger partial charge is 0.445 e. The second-order valence-electron chi connectivity index (χ2n) is 3.74. The molecule has 0 unspecified atom stereocenters. The van der Waals surface area contributed by atoms with Crippen LogP contribution in [0.15, 0.2) is 42.4 Å². The summed E-state index contributed by atoms with van der Waals surface area (Å²) in [5.41, 5.74) is -0.154. The van der Waals surface area contributed by atoms with Crippen LogP contribution < -0.4 is 51.4 Å². The van der Waals surface area contributed by atoms with Crippen molar-refractivity contribution in [3.05, 3.63) is 42.4 Å². The SMILES string of the molecule is C=C(Cn1nnc(-c2ccccc2)n1)[B-](F)(F)F.[K+]. The molecule has 94 valence electrons. The predicted molar refractivity (Wildman–Crippen MR) is 61.5 cm³/mol. The first kappa shape index (κ1) is 16.6. The van der Waals surface area contributed by atoms with Gasteiger partial charge >= 0.3 is 58.4 Å². The number of hydrogen-bond donors (Lipinski definition) is 0. The van der Waals surface area contributed by atoms with Crippen molar-refractivity contribution < 1.29 is 64.3 Å². The normalized spacial score (nSPS) is 10.9. The van der Waals surface area contributed by atoms with Crippen molar-refractivity contribution in [2.75, 3.05) is 0 Å². The van der Waals surface area contributed by atoms with Crippen molar-refractivity contribution in [1.82, 2.24) is 20.2 Å². The first-order chi connectivity index (χ1) is 8.47. The Morgan fingerprint density at radius 3 is 2.42 bits per heavy atom. The third-order valence-corrected chi connectivity index (χ3v) is 2.29. The number of allylic oxidation sites excluding steroid dienone is 1. The predicted octanol–water partition coefficient (Wildman–Crippen LogP) is -0.713. The monoisotopic (exact) mass is 292 g/mol. The van der Waals surface area contributed by atoms with E-state index in [1.165, 1.54) is 0 Å². The van der Waals surface area contributed by atoms with Crippen LogP contribution in [0, 0.1) is 0 Å². The number of benzene rings is 1. The molecule has 0 bridgehead atoms. The minimum absolute atomic E-state index is 0. The maximum atomic E-state index is 12.3. The molecule has 4 nitrogen and oxygen atoms in total. The second-order valence-corrected chi connectivity index (χ2v) is 3.74. The molecule has 2 aromatic rings. The molecule has 0 N–H and O–H groups in total. The van der Waals surface area contributed by atoms with Gasteiger partial charge < -0.3 is 12.9 Å². The Morgan fingerprint density at radius 1 is 1.21 bits per heavy atom. The summed E-state index contributed by atoms with van der Waals surface area (Å²) >= 11 is 0. The molecule has 9 heteroatoms. The molecule has 0 aliphatic heterocycles. The summed E-state index contributed by atoms with van der Waals surface area (Å²) in [4.78, 5) is 0.889. The molecule has 1 aromatic heterocycles.